The fraction of sp³-hybridized carbons (Fsp3) is 0.400. The first-order valence-electron chi connectivity index (χ1n) is 6.66. The van der Waals surface area contributed by atoms with E-state index in [1.54, 1.807) is 13.3 Å². The number of hydrogen-bond donors (Lipinski definition) is 1. The molecule has 4 nitrogen and oxygen atoms in total. The van der Waals surface area contributed by atoms with Crippen LogP contribution in [-0.2, 0) is 6.54 Å². The van der Waals surface area contributed by atoms with Crippen LogP contribution in [0.25, 0.3) is 0 Å². The van der Waals surface area contributed by atoms with Crippen LogP contribution < -0.4 is 10.1 Å². The molecule has 2 aromatic rings. The molecule has 1 aromatic heterocycles. The number of ether oxygens (including phenoxy) is 1. The molecule has 0 fully saturated rings. The first-order chi connectivity index (χ1) is 9.33. The lowest BCUT2D eigenvalue weighted by Crippen LogP contribution is -2.24. The molecule has 19 heavy (non-hydrogen) atoms. The molecule has 0 aliphatic rings. The highest BCUT2D eigenvalue weighted by Crippen LogP contribution is 2.19. The third-order valence-corrected chi connectivity index (χ3v) is 3.25. The maximum Gasteiger partial charge on any atom is 0.118 e. The number of hydrogen-bond acceptors (Lipinski definition) is 3. The molecule has 102 valence electrons. The highest BCUT2D eigenvalue weighted by Gasteiger charge is 2.08. The van der Waals surface area contributed by atoms with Crippen molar-refractivity contribution in [3.05, 3.63) is 48.5 Å². The Hall–Kier alpha value is -1.81. The highest BCUT2D eigenvalue weighted by atomic mass is 16.5. The summed E-state index contributed by atoms with van der Waals surface area (Å²) in [7, 11) is 1.69. The van der Waals surface area contributed by atoms with Crippen molar-refractivity contribution >= 4 is 0 Å². The normalized spacial score (nSPS) is 12.3. The Labute approximate surface area is 114 Å². The van der Waals surface area contributed by atoms with Gasteiger partial charge in [-0.05, 0) is 24.1 Å². The van der Waals surface area contributed by atoms with Crippen molar-refractivity contribution in [2.24, 2.45) is 0 Å². The van der Waals surface area contributed by atoms with Gasteiger partial charge in [-0.25, -0.2) is 4.98 Å². The summed E-state index contributed by atoms with van der Waals surface area (Å²) in [5.41, 5.74) is 1.30. The quantitative estimate of drug-likeness (QED) is 0.831. The van der Waals surface area contributed by atoms with Crippen LogP contribution >= 0.6 is 0 Å². The number of aromatic nitrogens is 2. The molecule has 1 aromatic carbocycles. The van der Waals surface area contributed by atoms with Crippen LogP contribution in [0.5, 0.6) is 5.75 Å². The molecule has 0 saturated heterocycles. The molecule has 1 heterocycles. The van der Waals surface area contributed by atoms with Crippen molar-refractivity contribution in [2.45, 2.75) is 25.9 Å². The topological polar surface area (TPSA) is 39.1 Å². The van der Waals surface area contributed by atoms with Crippen LogP contribution in [0.1, 0.15) is 24.9 Å². The number of benzene rings is 1. The Morgan fingerprint density at radius 1 is 1.32 bits per heavy atom. The SMILES string of the molecule is CCC(NCCn1ccnc1)c1ccc(OC)cc1. The maximum absolute atomic E-state index is 5.18. The lowest BCUT2D eigenvalue weighted by atomic mass is 10.0. The van der Waals surface area contributed by atoms with Gasteiger partial charge in [-0.2, -0.15) is 0 Å². The first kappa shape index (κ1) is 13.6. The molecule has 2 rings (SSSR count). The zero-order valence-electron chi connectivity index (χ0n) is 11.5. The number of nitrogens with one attached hydrogen (secondary N) is 1. The second kappa shape index (κ2) is 6.95. The average Bonchev–Trinajstić information content (AvgIpc) is 2.97. The van der Waals surface area contributed by atoms with Crippen LogP contribution in [0.2, 0.25) is 0 Å². The Bertz CT molecular complexity index is 465. The van der Waals surface area contributed by atoms with E-state index in [0.29, 0.717) is 6.04 Å². The minimum Gasteiger partial charge on any atom is -0.497 e. The molecule has 4 heteroatoms. The maximum atomic E-state index is 5.18. The van der Waals surface area contributed by atoms with Crippen molar-refractivity contribution in [3.63, 3.8) is 0 Å². The van der Waals surface area contributed by atoms with Gasteiger partial charge in [-0.3, -0.25) is 0 Å². The molecule has 1 N–H and O–H groups in total. The van der Waals surface area contributed by atoms with Crippen LogP contribution in [0.4, 0.5) is 0 Å². The summed E-state index contributed by atoms with van der Waals surface area (Å²) in [6.07, 6.45) is 6.70. The monoisotopic (exact) mass is 259 g/mol. The van der Waals surface area contributed by atoms with Gasteiger partial charge in [-0.15, -0.1) is 0 Å². The second-order valence-corrected chi connectivity index (χ2v) is 4.49. The smallest absolute Gasteiger partial charge is 0.118 e. The molecule has 0 bridgehead atoms. The number of methoxy groups -OCH3 is 1. The van der Waals surface area contributed by atoms with E-state index < -0.39 is 0 Å². The van der Waals surface area contributed by atoms with Crippen LogP contribution in [0.15, 0.2) is 43.0 Å². The largest absolute Gasteiger partial charge is 0.497 e. The Morgan fingerprint density at radius 2 is 2.11 bits per heavy atom. The summed E-state index contributed by atoms with van der Waals surface area (Å²) < 4.78 is 7.26. The van der Waals surface area contributed by atoms with Crippen LogP contribution in [0.3, 0.4) is 0 Å². The zero-order valence-corrected chi connectivity index (χ0v) is 11.5. The summed E-state index contributed by atoms with van der Waals surface area (Å²) in [4.78, 5) is 4.04. The second-order valence-electron chi connectivity index (χ2n) is 4.49. The highest BCUT2D eigenvalue weighted by molar-refractivity contribution is 5.29. The minimum atomic E-state index is 0.384. The average molecular weight is 259 g/mol. The molecule has 0 saturated carbocycles. The van der Waals surface area contributed by atoms with Gasteiger partial charge in [0.2, 0.25) is 0 Å². The molecule has 1 atom stereocenters. The summed E-state index contributed by atoms with van der Waals surface area (Å²) >= 11 is 0. The molecule has 0 radical (unpaired) electrons. The Balaban J connectivity index is 1.88. The van der Waals surface area contributed by atoms with Gasteiger partial charge in [0.25, 0.3) is 0 Å². The summed E-state index contributed by atoms with van der Waals surface area (Å²) in [6.45, 7) is 4.06. The van der Waals surface area contributed by atoms with Crippen molar-refractivity contribution < 1.29 is 4.74 Å². The van der Waals surface area contributed by atoms with E-state index >= 15 is 0 Å². The van der Waals surface area contributed by atoms with Crippen LogP contribution in [0, 0.1) is 0 Å². The molecular weight excluding hydrogens is 238 g/mol. The molecule has 0 spiro atoms. The van der Waals surface area contributed by atoms with Crippen molar-refractivity contribution in [1.29, 1.82) is 0 Å². The van der Waals surface area contributed by atoms with Crippen molar-refractivity contribution in [2.75, 3.05) is 13.7 Å². The Kier molecular flexibility index (Phi) is 4.98. The number of nitrogens with zero attached hydrogens (tertiary/aromatic N) is 2. The molecule has 0 amide bonds. The van der Waals surface area contributed by atoms with Gasteiger partial charge in [0, 0.05) is 31.5 Å². The molecule has 1 unspecified atom stereocenters. The van der Waals surface area contributed by atoms with E-state index in [-0.39, 0.29) is 0 Å². The summed E-state index contributed by atoms with van der Waals surface area (Å²) in [6, 6.07) is 8.65. The van der Waals surface area contributed by atoms with Crippen molar-refractivity contribution in [3.8, 4) is 5.75 Å². The third-order valence-electron chi connectivity index (χ3n) is 3.25. The fourth-order valence-corrected chi connectivity index (χ4v) is 2.12. The third kappa shape index (κ3) is 3.83. The van der Waals surface area contributed by atoms with Gasteiger partial charge in [0.05, 0.1) is 13.4 Å². The van der Waals surface area contributed by atoms with Gasteiger partial charge < -0.3 is 14.6 Å². The predicted molar refractivity (Wildman–Crippen MR) is 76.3 cm³/mol. The summed E-state index contributed by atoms with van der Waals surface area (Å²) in [5.74, 6) is 0.900. The van der Waals surface area contributed by atoms with Gasteiger partial charge in [0.15, 0.2) is 0 Å². The van der Waals surface area contributed by atoms with Crippen LogP contribution in [-0.4, -0.2) is 23.2 Å². The predicted octanol–water partition coefficient (Wildman–Crippen LogP) is 2.63. The molecular formula is C15H21N3O. The van der Waals surface area contributed by atoms with E-state index in [1.807, 2.05) is 24.7 Å². The van der Waals surface area contributed by atoms with E-state index in [0.717, 1.165) is 25.3 Å². The lowest BCUT2D eigenvalue weighted by Gasteiger charge is -2.18. The van der Waals surface area contributed by atoms with E-state index in [4.69, 9.17) is 4.74 Å². The van der Waals surface area contributed by atoms with Gasteiger partial charge in [0.1, 0.15) is 5.75 Å². The van der Waals surface area contributed by atoms with E-state index in [1.165, 1.54) is 5.56 Å². The first-order valence-corrected chi connectivity index (χ1v) is 6.66. The van der Waals surface area contributed by atoms with E-state index in [9.17, 15) is 0 Å². The fourth-order valence-electron chi connectivity index (χ4n) is 2.12. The minimum absolute atomic E-state index is 0.384. The Morgan fingerprint density at radius 3 is 2.68 bits per heavy atom. The lowest BCUT2D eigenvalue weighted by molar-refractivity contribution is 0.414. The van der Waals surface area contributed by atoms with Gasteiger partial charge >= 0.3 is 0 Å². The standard InChI is InChI=1S/C15H21N3O/c1-3-15(13-4-6-14(19-2)7-5-13)17-9-11-18-10-8-16-12-18/h4-8,10,12,15,17H,3,9,11H2,1-2H3. The summed E-state index contributed by atoms with van der Waals surface area (Å²) in [5, 5.41) is 3.57. The van der Waals surface area contributed by atoms with Gasteiger partial charge in [-0.1, -0.05) is 19.1 Å². The van der Waals surface area contributed by atoms with E-state index in [2.05, 4.69) is 33.9 Å². The number of rotatable bonds is 7. The molecule has 0 aliphatic carbocycles. The zero-order chi connectivity index (χ0) is 13.5. The number of imidazole rings is 1. The molecule has 0 aliphatic heterocycles. The van der Waals surface area contributed by atoms with Crippen molar-refractivity contribution in [1.82, 2.24) is 14.9 Å².